The summed E-state index contributed by atoms with van der Waals surface area (Å²) in [5, 5.41) is 4.61. The first-order valence-electron chi connectivity index (χ1n) is 9.96. The molecular formula is C22H17F4N3O4. The number of nitrogens with one attached hydrogen (secondary N) is 2. The predicted octanol–water partition coefficient (Wildman–Crippen LogP) is 2.54. The van der Waals surface area contributed by atoms with E-state index in [4.69, 9.17) is 0 Å². The molecule has 2 aliphatic heterocycles. The van der Waals surface area contributed by atoms with Gasteiger partial charge in [0.2, 0.25) is 11.8 Å². The molecule has 172 valence electrons. The van der Waals surface area contributed by atoms with E-state index >= 15 is 4.39 Å². The van der Waals surface area contributed by atoms with Crippen molar-refractivity contribution >= 4 is 23.6 Å². The number of carbonyl (C=O) groups excluding carboxylic acids is 4. The van der Waals surface area contributed by atoms with Crippen molar-refractivity contribution in [3.63, 3.8) is 0 Å². The maximum Gasteiger partial charge on any atom is 0.416 e. The molecule has 33 heavy (non-hydrogen) atoms. The van der Waals surface area contributed by atoms with Gasteiger partial charge in [-0.2, -0.15) is 13.2 Å². The largest absolute Gasteiger partial charge is 0.416 e. The predicted molar refractivity (Wildman–Crippen MR) is 105 cm³/mol. The van der Waals surface area contributed by atoms with Crippen LogP contribution >= 0.6 is 0 Å². The van der Waals surface area contributed by atoms with E-state index in [1.807, 2.05) is 0 Å². The molecule has 2 aromatic rings. The minimum Gasteiger partial charge on any atom is -0.348 e. The Morgan fingerprint density at radius 1 is 1.09 bits per heavy atom. The Morgan fingerprint density at radius 3 is 2.42 bits per heavy atom. The van der Waals surface area contributed by atoms with Crippen LogP contribution in [0.2, 0.25) is 0 Å². The lowest BCUT2D eigenvalue weighted by atomic mass is 10.0. The summed E-state index contributed by atoms with van der Waals surface area (Å²) < 4.78 is 53.0. The highest BCUT2D eigenvalue weighted by Gasteiger charge is 2.40. The summed E-state index contributed by atoms with van der Waals surface area (Å²) in [6, 6.07) is 5.44. The molecule has 0 saturated carbocycles. The first kappa shape index (κ1) is 22.4. The van der Waals surface area contributed by atoms with Gasteiger partial charge in [-0.25, -0.2) is 4.39 Å². The number of alkyl halides is 3. The lowest BCUT2D eigenvalue weighted by Crippen LogP contribution is -2.52. The van der Waals surface area contributed by atoms with Crippen LogP contribution in [0.4, 0.5) is 17.6 Å². The maximum atomic E-state index is 15.1. The number of nitrogens with zero attached hydrogens (tertiary/aromatic N) is 1. The van der Waals surface area contributed by atoms with Crippen LogP contribution in [0, 0.1) is 5.82 Å². The van der Waals surface area contributed by atoms with Gasteiger partial charge in [0.15, 0.2) is 0 Å². The van der Waals surface area contributed by atoms with Crippen LogP contribution in [-0.4, -0.2) is 34.6 Å². The Labute approximate surface area is 184 Å². The van der Waals surface area contributed by atoms with Gasteiger partial charge in [0.25, 0.3) is 11.8 Å². The molecule has 11 heteroatoms. The summed E-state index contributed by atoms with van der Waals surface area (Å²) in [5.74, 6) is -2.98. The number of hydrogen-bond acceptors (Lipinski definition) is 4. The van der Waals surface area contributed by atoms with E-state index in [0.29, 0.717) is 0 Å². The first-order valence-corrected chi connectivity index (χ1v) is 9.96. The molecule has 2 heterocycles. The van der Waals surface area contributed by atoms with E-state index in [9.17, 15) is 32.3 Å². The van der Waals surface area contributed by atoms with Gasteiger partial charge in [-0.05, 0) is 36.8 Å². The minimum absolute atomic E-state index is 0.0243. The quantitative estimate of drug-likeness (QED) is 0.538. The molecule has 0 aliphatic carbocycles. The van der Waals surface area contributed by atoms with Crippen LogP contribution in [0.25, 0.3) is 0 Å². The molecule has 4 amide bonds. The Morgan fingerprint density at radius 2 is 1.79 bits per heavy atom. The fraction of sp³-hybridized carbons (Fsp3) is 0.273. The monoisotopic (exact) mass is 463 g/mol. The number of imide groups is 1. The zero-order valence-electron chi connectivity index (χ0n) is 17.0. The van der Waals surface area contributed by atoms with Crippen molar-refractivity contribution in [3.8, 4) is 0 Å². The first-order chi connectivity index (χ1) is 15.6. The second kappa shape index (κ2) is 8.30. The summed E-state index contributed by atoms with van der Waals surface area (Å²) in [4.78, 5) is 49.6. The van der Waals surface area contributed by atoms with Crippen molar-refractivity contribution < 1.29 is 36.7 Å². The zero-order chi connectivity index (χ0) is 23.9. The van der Waals surface area contributed by atoms with E-state index < -0.39 is 47.2 Å². The van der Waals surface area contributed by atoms with E-state index in [1.54, 1.807) is 0 Å². The molecule has 1 saturated heterocycles. The SMILES string of the molecule is O=C1CCC(N2Cc3c(ccc(CNC(=O)c4ccc(C(F)(F)F)cc4)c3F)C2=O)C(=O)N1. The fourth-order valence-electron chi connectivity index (χ4n) is 3.88. The van der Waals surface area contributed by atoms with Crippen LogP contribution in [0.1, 0.15) is 50.2 Å². The van der Waals surface area contributed by atoms with E-state index in [-0.39, 0.29) is 48.2 Å². The molecule has 1 unspecified atom stereocenters. The normalized spacial score (nSPS) is 18.2. The Hall–Kier alpha value is -3.76. The minimum atomic E-state index is -4.53. The van der Waals surface area contributed by atoms with Gasteiger partial charge in [0.1, 0.15) is 11.9 Å². The van der Waals surface area contributed by atoms with Gasteiger partial charge >= 0.3 is 6.18 Å². The highest BCUT2D eigenvalue weighted by Crippen LogP contribution is 2.31. The van der Waals surface area contributed by atoms with Gasteiger partial charge in [0.05, 0.1) is 12.1 Å². The van der Waals surface area contributed by atoms with Gasteiger partial charge in [-0.15, -0.1) is 0 Å². The number of rotatable bonds is 4. The number of amides is 4. The molecule has 2 N–H and O–H groups in total. The van der Waals surface area contributed by atoms with Crippen LogP contribution < -0.4 is 10.6 Å². The number of benzene rings is 2. The summed E-state index contributed by atoms with van der Waals surface area (Å²) in [6.45, 7) is -0.418. The molecular weight excluding hydrogens is 446 g/mol. The zero-order valence-corrected chi connectivity index (χ0v) is 17.0. The van der Waals surface area contributed by atoms with Gasteiger partial charge < -0.3 is 10.2 Å². The lowest BCUT2D eigenvalue weighted by molar-refractivity contribution is -0.138. The topological polar surface area (TPSA) is 95.6 Å². The van der Waals surface area contributed by atoms with Gasteiger partial charge in [-0.1, -0.05) is 6.07 Å². The number of piperidine rings is 1. The van der Waals surface area contributed by atoms with Gasteiger partial charge in [-0.3, -0.25) is 24.5 Å². The third kappa shape index (κ3) is 4.30. The third-order valence-electron chi connectivity index (χ3n) is 5.64. The smallest absolute Gasteiger partial charge is 0.348 e. The van der Waals surface area contributed by atoms with E-state index in [0.717, 1.165) is 24.3 Å². The maximum absolute atomic E-state index is 15.1. The van der Waals surface area contributed by atoms with Crippen molar-refractivity contribution in [2.24, 2.45) is 0 Å². The summed E-state index contributed by atoms with van der Waals surface area (Å²) in [6.07, 6.45) is -4.32. The number of hydrogen-bond donors (Lipinski definition) is 2. The number of halogens is 4. The number of fused-ring (bicyclic) bond motifs is 1. The summed E-state index contributed by atoms with van der Waals surface area (Å²) in [7, 11) is 0. The Kier molecular flexibility index (Phi) is 5.64. The van der Waals surface area contributed by atoms with Crippen LogP contribution in [0.15, 0.2) is 36.4 Å². The second-order valence-corrected chi connectivity index (χ2v) is 7.72. The van der Waals surface area contributed by atoms with Crippen molar-refractivity contribution in [1.82, 2.24) is 15.5 Å². The second-order valence-electron chi connectivity index (χ2n) is 7.72. The van der Waals surface area contributed by atoms with Crippen LogP contribution in [0.3, 0.4) is 0 Å². The standard InChI is InChI=1S/C22H17F4N3O4/c23-18-12(9-27-19(31)11-1-4-13(5-2-11)22(24,25)26)3-6-14-15(18)10-29(21(14)33)16-7-8-17(30)28-20(16)32/h1-6,16H,7-10H2,(H,27,31)(H,28,30,32). The summed E-state index contributed by atoms with van der Waals surface area (Å²) >= 11 is 0. The molecule has 0 spiro atoms. The molecule has 4 rings (SSSR count). The molecule has 2 aliphatic rings. The molecule has 1 atom stereocenters. The van der Waals surface area contributed by atoms with Gasteiger partial charge in [0, 0.05) is 35.2 Å². The van der Waals surface area contributed by atoms with Crippen molar-refractivity contribution in [3.05, 3.63) is 70.0 Å². The molecule has 0 aromatic heterocycles. The van der Waals surface area contributed by atoms with Crippen molar-refractivity contribution in [1.29, 1.82) is 0 Å². The highest BCUT2D eigenvalue weighted by atomic mass is 19.4. The molecule has 7 nitrogen and oxygen atoms in total. The average Bonchev–Trinajstić information content (AvgIpc) is 3.09. The van der Waals surface area contributed by atoms with E-state index in [2.05, 4.69) is 10.6 Å². The van der Waals surface area contributed by atoms with Crippen LogP contribution in [0.5, 0.6) is 0 Å². The van der Waals surface area contributed by atoms with Crippen LogP contribution in [-0.2, 0) is 28.9 Å². The fourth-order valence-corrected chi connectivity index (χ4v) is 3.88. The number of carbonyl (C=O) groups is 4. The Balaban J connectivity index is 1.46. The highest BCUT2D eigenvalue weighted by molar-refractivity contribution is 6.05. The molecule has 0 radical (unpaired) electrons. The Bertz CT molecular complexity index is 1160. The summed E-state index contributed by atoms with van der Waals surface area (Å²) in [5.41, 5.74) is -0.675. The van der Waals surface area contributed by atoms with Crippen molar-refractivity contribution in [2.45, 2.75) is 38.1 Å². The van der Waals surface area contributed by atoms with Crippen molar-refractivity contribution in [2.75, 3.05) is 0 Å². The third-order valence-corrected chi connectivity index (χ3v) is 5.64. The molecule has 2 aromatic carbocycles. The molecule has 1 fully saturated rings. The van der Waals surface area contributed by atoms with E-state index in [1.165, 1.54) is 17.0 Å². The average molecular weight is 463 g/mol. The lowest BCUT2D eigenvalue weighted by Gasteiger charge is -2.29. The molecule has 0 bridgehead atoms.